The topological polar surface area (TPSA) is 36.3 Å². The number of fused-ring (bicyclic) bond motifs is 1. The van der Waals surface area contributed by atoms with E-state index < -0.39 is 0 Å². The Hall–Kier alpha value is -3.53. The lowest BCUT2D eigenvalue weighted by molar-refractivity contribution is 0.270. The number of allylic oxidation sites excluding steroid dienone is 1. The van der Waals surface area contributed by atoms with E-state index in [2.05, 4.69) is 23.3 Å². The number of benzene rings is 3. The lowest BCUT2D eigenvalue weighted by Crippen LogP contribution is -2.13. The van der Waals surface area contributed by atoms with Crippen molar-refractivity contribution in [3.63, 3.8) is 0 Å². The molecule has 4 heteroatoms. The maximum absolute atomic E-state index is 6.11. The summed E-state index contributed by atoms with van der Waals surface area (Å²) in [5.74, 6) is 2.67. The van der Waals surface area contributed by atoms with Crippen LogP contribution in [0.4, 0.5) is 0 Å². The van der Waals surface area contributed by atoms with E-state index in [0.29, 0.717) is 19.8 Å². The summed E-state index contributed by atoms with van der Waals surface area (Å²) >= 11 is 0. The molecule has 4 rings (SSSR count). The highest BCUT2D eigenvalue weighted by Gasteiger charge is 2.12. The van der Waals surface area contributed by atoms with Crippen LogP contribution >= 0.6 is 0 Å². The van der Waals surface area contributed by atoms with Crippen molar-refractivity contribution < 1.29 is 9.47 Å². The maximum Gasteiger partial charge on any atom is 0.148 e. The van der Waals surface area contributed by atoms with E-state index in [1.165, 1.54) is 0 Å². The summed E-state index contributed by atoms with van der Waals surface area (Å²) in [5.41, 5.74) is 4.31. The minimum atomic E-state index is 0.409. The number of rotatable bonds is 9. The zero-order chi connectivity index (χ0) is 20.8. The summed E-state index contributed by atoms with van der Waals surface area (Å²) in [6.07, 6.45) is 2.69. The smallest absolute Gasteiger partial charge is 0.148 e. The molecule has 1 aromatic heterocycles. The molecule has 4 nitrogen and oxygen atoms in total. The predicted octanol–water partition coefficient (Wildman–Crippen LogP) is 5.73. The van der Waals surface area contributed by atoms with Crippen molar-refractivity contribution in [2.24, 2.45) is 0 Å². The number of aromatic nitrogens is 2. The van der Waals surface area contributed by atoms with Gasteiger partial charge in [0.05, 0.1) is 17.6 Å². The number of hydrogen-bond donors (Lipinski definition) is 0. The number of imidazole rings is 1. The van der Waals surface area contributed by atoms with Gasteiger partial charge >= 0.3 is 0 Å². The molecule has 0 fully saturated rings. The molecule has 0 aliphatic rings. The van der Waals surface area contributed by atoms with Crippen LogP contribution in [-0.2, 0) is 19.6 Å². The van der Waals surface area contributed by atoms with E-state index >= 15 is 0 Å². The van der Waals surface area contributed by atoms with E-state index in [1.807, 2.05) is 73.7 Å². The van der Waals surface area contributed by atoms with Gasteiger partial charge in [-0.15, -0.1) is 6.58 Å². The molecule has 1 heterocycles. The summed E-state index contributed by atoms with van der Waals surface area (Å²) in [4.78, 5) is 4.80. The van der Waals surface area contributed by atoms with Crippen molar-refractivity contribution in [1.82, 2.24) is 9.55 Å². The van der Waals surface area contributed by atoms with Crippen molar-refractivity contribution in [2.45, 2.75) is 26.5 Å². The molecule has 0 amide bonds. The minimum absolute atomic E-state index is 0.409. The van der Waals surface area contributed by atoms with Crippen molar-refractivity contribution in [1.29, 1.82) is 0 Å². The first kappa shape index (κ1) is 19.8. The zero-order valence-electron chi connectivity index (χ0n) is 17.3. The summed E-state index contributed by atoms with van der Waals surface area (Å²) in [7, 11) is 0. The first-order valence-electron chi connectivity index (χ1n) is 10.2. The molecule has 3 aromatic carbocycles. The maximum atomic E-state index is 6.11. The van der Waals surface area contributed by atoms with Crippen LogP contribution in [0.25, 0.3) is 11.0 Å². The van der Waals surface area contributed by atoms with Crippen LogP contribution in [0.1, 0.15) is 17.0 Å². The second kappa shape index (κ2) is 9.31. The number of hydrogen-bond acceptors (Lipinski definition) is 3. The standard InChI is InChI=1S/C26H26N2O2/c1-3-10-21-12-5-9-16-25(21)29-18-17-28-23-14-7-6-13-22(23)27-26(28)19-30-24-15-8-4-11-20(24)2/h3-9,11-16H,1,10,17-19H2,2H3. The second-order valence-corrected chi connectivity index (χ2v) is 7.17. The molecule has 152 valence electrons. The molecule has 0 saturated carbocycles. The zero-order valence-corrected chi connectivity index (χ0v) is 17.3. The van der Waals surface area contributed by atoms with E-state index in [4.69, 9.17) is 14.5 Å². The molecule has 4 aromatic rings. The Kier molecular flexibility index (Phi) is 6.14. The molecule has 30 heavy (non-hydrogen) atoms. The van der Waals surface area contributed by atoms with Crippen LogP contribution in [-0.4, -0.2) is 16.2 Å². The van der Waals surface area contributed by atoms with Crippen LogP contribution in [0.5, 0.6) is 11.5 Å². The SMILES string of the molecule is C=CCc1ccccc1OCCn1c(COc2ccccc2C)nc2ccccc21. The molecule has 0 radical (unpaired) electrons. The van der Waals surface area contributed by atoms with Gasteiger partial charge in [0.1, 0.15) is 30.5 Å². The van der Waals surface area contributed by atoms with Crippen LogP contribution in [0, 0.1) is 6.92 Å². The monoisotopic (exact) mass is 398 g/mol. The Labute approximate surface area is 177 Å². The fourth-order valence-electron chi connectivity index (χ4n) is 3.56. The molecule has 0 atom stereocenters. The van der Waals surface area contributed by atoms with Crippen molar-refractivity contribution >= 4 is 11.0 Å². The highest BCUT2D eigenvalue weighted by Crippen LogP contribution is 2.22. The van der Waals surface area contributed by atoms with Gasteiger partial charge in [-0.05, 0) is 48.7 Å². The lowest BCUT2D eigenvalue weighted by atomic mass is 10.1. The van der Waals surface area contributed by atoms with E-state index in [1.54, 1.807) is 0 Å². The van der Waals surface area contributed by atoms with Gasteiger partial charge in [-0.25, -0.2) is 4.98 Å². The third kappa shape index (κ3) is 4.38. The molecular weight excluding hydrogens is 372 g/mol. The number of nitrogens with zero attached hydrogens (tertiary/aromatic N) is 2. The van der Waals surface area contributed by atoms with Gasteiger partial charge in [0.15, 0.2) is 0 Å². The third-order valence-corrected chi connectivity index (χ3v) is 5.09. The van der Waals surface area contributed by atoms with E-state index in [9.17, 15) is 0 Å². The first-order valence-corrected chi connectivity index (χ1v) is 10.2. The summed E-state index contributed by atoms with van der Waals surface area (Å²) in [5, 5.41) is 0. The van der Waals surface area contributed by atoms with Crippen molar-refractivity contribution in [2.75, 3.05) is 6.61 Å². The molecule has 0 N–H and O–H groups in total. The second-order valence-electron chi connectivity index (χ2n) is 7.17. The van der Waals surface area contributed by atoms with Crippen LogP contribution in [0.15, 0.2) is 85.5 Å². The van der Waals surface area contributed by atoms with Crippen molar-refractivity contribution in [3.8, 4) is 11.5 Å². The summed E-state index contributed by atoms with van der Waals surface area (Å²) < 4.78 is 14.4. The predicted molar refractivity (Wildman–Crippen MR) is 121 cm³/mol. The normalized spacial score (nSPS) is 10.8. The quantitative estimate of drug-likeness (QED) is 0.338. The molecular formula is C26H26N2O2. The average Bonchev–Trinajstić information content (AvgIpc) is 3.12. The Morgan fingerprint density at radius 2 is 1.63 bits per heavy atom. The number of aryl methyl sites for hydroxylation is 1. The Morgan fingerprint density at radius 1 is 0.900 bits per heavy atom. The highest BCUT2D eigenvalue weighted by atomic mass is 16.5. The minimum Gasteiger partial charge on any atom is -0.491 e. The van der Waals surface area contributed by atoms with Gasteiger partial charge in [-0.2, -0.15) is 0 Å². The van der Waals surface area contributed by atoms with E-state index in [-0.39, 0.29) is 0 Å². The molecule has 0 aliphatic heterocycles. The lowest BCUT2D eigenvalue weighted by Gasteiger charge is -2.14. The average molecular weight is 399 g/mol. The van der Waals surface area contributed by atoms with Crippen LogP contribution < -0.4 is 9.47 Å². The summed E-state index contributed by atoms with van der Waals surface area (Å²) in [6, 6.07) is 24.3. The van der Waals surface area contributed by atoms with Gasteiger partial charge in [0, 0.05) is 0 Å². The third-order valence-electron chi connectivity index (χ3n) is 5.09. The van der Waals surface area contributed by atoms with Crippen LogP contribution in [0.3, 0.4) is 0 Å². The Morgan fingerprint density at radius 3 is 2.47 bits per heavy atom. The van der Waals surface area contributed by atoms with Crippen LogP contribution in [0.2, 0.25) is 0 Å². The molecule has 0 unspecified atom stereocenters. The van der Waals surface area contributed by atoms with Gasteiger partial charge in [0.25, 0.3) is 0 Å². The first-order chi connectivity index (χ1) is 14.8. The van der Waals surface area contributed by atoms with E-state index in [0.717, 1.165) is 45.9 Å². The van der Waals surface area contributed by atoms with Gasteiger partial charge in [-0.3, -0.25) is 0 Å². The highest BCUT2D eigenvalue weighted by molar-refractivity contribution is 5.75. The van der Waals surface area contributed by atoms with Gasteiger partial charge < -0.3 is 14.0 Å². The van der Waals surface area contributed by atoms with Gasteiger partial charge in [-0.1, -0.05) is 54.6 Å². The molecule has 0 spiro atoms. The molecule has 0 aliphatic carbocycles. The Bertz CT molecular complexity index is 1150. The summed E-state index contributed by atoms with van der Waals surface area (Å²) in [6.45, 7) is 7.53. The number of ether oxygens (including phenoxy) is 2. The largest absolute Gasteiger partial charge is 0.491 e. The number of para-hydroxylation sites is 4. The molecule has 0 bridgehead atoms. The Balaban J connectivity index is 1.52. The van der Waals surface area contributed by atoms with Gasteiger partial charge in [0.2, 0.25) is 0 Å². The fourth-order valence-corrected chi connectivity index (χ4v) is 3.56. The van der Waals surface area contributed by atoms with Crippen molar-refractivity contribution in [3.05, 3.63) is 102 Å². The molecule has 0 saturated heterocycles. The fraction of sp³-hybridized carbons (Fsp3) is 0.192.